The van der Waals surface area contributed by atoms with Crippen LogP contribution >= 0.6 is 0 Å². The summed E-state index contributed by atoms with van der Waals surface area (Å²) < 4.78 is 6.63. The molecule has 7 nitrogen and oxygen atoms in total. The Kier molecular flexibility index (Phi) is 3.08. The van der Waals surface area contributed by atoms with Gasteiger partial charge in [0, 0.05) is 18.2 Å². The molecule has 0 amide bonds. The molecule has 0 aliphatic heterocycles. The molecule has 0 saturated carbocycles. The molecule has 3 aromatic rings. The van der Waals surface area contributed by atoms with E-state index in [1.54, 1.807) is 13.2 Å². The molecule has 2 heterocycles. The molecule has 0 spiro atoms. The standard InChI is InChI=1S/C13H13N5O2/c1-20-10-5-3-2-4-9(10)7-14-11-6-12-16-17-13(19)18(12)8-15-11/h2-6,8,14H,7H2,1H3,(H,17,19). The van der Waals surface area contributed by atoms with Gasteiger partial charge in [0.2, 0.25) is 0 Å². The summed E-state index contributed by atoms with van der Waals surface area (Å²) in [6.45, 7) is 0.571. The van der Waals surface area contributed by atoms with Gasteiger partial charge in [-0.3, -0.25) is 0 Å². The first kappa shape index (κ1) is 12.2. The van der Waals surface area contributed by atoms with Crippen LogP contribution in [0.15, 0.2) is 41.5 Å². The van der Waals surface area contributed by atoms with Crippen molar-refractivity contribution in [2.75, 3.05) is 12.4 Å². The first-order valence-corrected chi connectivity index (χ1v) is 6.06. The zero-order valence-corrected chi connectivity index (χ0v) is 10.8. The second-order valence-electron chi connectivity index (χ2n) is 4.20. The number of ether oxygens (including phenoxy) is 1. The van der Waals surface area contributed by atoms with Crippen molar-refractivity contribution >= 4 is 11.5 Å². The first-order chi connectivity index (χ1) is 9.78. The number of rotatable bonds is 4. The number of nitrogens with zero attached hydrogens (tertiary/aromatic N) is 3. The highest BCUT2D eigenvalue weighted by atomic mass is 16.5. The Hall–Kier alpha value is -2.83. The zero-order valence-electron chi connectivity index (χ0n) is 10.8. The van der Waals surface area contributed by atoms with Crippen molar-refractivity contribution in [2.24, 2.45) is 0 Å². The van der Waals surface area contributed by atoms with E-state index in [1.165, 1.54) is 10.7 Å². The van der Waals surface area contributed by atoms with Crippen LogP contribution in [-0.2, 0) is 6.54 Å². The van der Waals surface area contributed by atoms with Crippen LogP contribution in [0.2, 0.25) is 0 Å². The van der Waals surface area contributed by atoms with Crippen molar-refractivity contribution in [1.82, 2.24) is 19.6 Å². The molecule has 7 heteroatoms. The predicted molar refractivity (Wildman–Crippen MR) is 73.9 cm³/mol. The number of aromatic nitrogens is 4. The van der Waals surface area contributed by atoms with Gasteiger partial charge in [-0.2, -0.15) is 5.10 Å². The number of para-hydroxylation sites is 1. The van der Waals surface area contributed by atoms with Crippen molar-refractivity contribution < 1.29 is 4.74 Å². The third-order valence-electron chi connectivity index (χ3n) is 2.96. The molecule has 2 N–H and O–H groups in total. The molecule has 1 aromatic carbocycles. The van der Waals surface area contributed by atoms with E-state index in [0.717, 1.165) is 11.3 Å². The van der Waals surface area contributed by atoms with E-state index in [-0.39, 0.29) is 5.69 Å². The number of anilines is 1. The lowest BCUT2D eigenvalue weighted by atomic mass is 10.2. The number of benzene rings is 1. The van der Waals surface area contributed by atoms with Gasteiger partial charge in [0.1, 0.15) is 17.9 Å². The van der Waals surface area contributed by atoms with Gasteiger partial charge in [0.05, 0.1) is 7.11 Å². The summed E-state index contributed by atoms with van der Waals surface area (Å²) in [6.07, 6.45) is 1.44. The fraction of sp³-hybridized carbons (Fsp3) is 0.154. The Labute approximate surface area is 114 Å². The molecule has 0 bridgehead atoms. The van der Waals surface area contributed by atoms with E-state index >= 15 is 0 Å². The van der Waals surface area contributed by atoms with Gasteiger partial charge in [-0.05, 0) is 6.07 Å². The van der Waals surface area contributed by atoms with Gasteiger partial charge in [-0.25, -0.2) is 19.3 Å². The van der Waals surface area contributed by atoms with Gasteiger partial charge in [-0.15, -0.1) is 0 Å². The van der Waals surface area contributed by atoms with Crippen molar-refractivity contribution in [3.8, 4) is 5.75 Å². The average molecular weight is 271 g/mol. The lowest BCUT2D eigenvalue weighted by Gasteiger charge is -2.09. The number of methoxy groups -OCH3 is 1. The minimum Gasteiger partial charge on any atom is -0.496 e. The van der Waals surface area contributed by atoms with Crippen molar-refractivity contribution in [3.63, 3.8) is 0 Å². The molecule has 0 aliphatic carbocycles. The Morgan fingerprint density at radius 1 is 1.40 bits per heavy atom. The van der Waals surface area contributed by atoms with E-state index < -0.39 is 0 Å². The topological polar surface area (TPSA) is 84.3 Å². The molecule has 0 aliphatic rings. The second kappa shape index (κ2) is 5.04. The number of hydrogen-bond acceptors (Lipinski definition) is 5. The van der Waals surface area contributed by atoms with Crippen LogP contribution in [-0.4, -0.2) is 26.7 Å². The van der Waals surface area contributed by atoms with Crippen molar-refractivity contribution in [3.05, 3.63) is 52.7 Å². The molecule has 0 radical (unpaired) electrons. The summed E-state index contributed by atoms with van der Waals surface area (Å²) in [6, 6.07) is 9.45. The molecular formula is C13H13N5O2. The molecule has 0 atom stereocenters. The molecule has 0 unspecified atom stereocenters. The molecule has 20 heavy (non-hydrogen) atoms. The second-order valence-corrected chi connectivity index (χ2v) is 4.20. The van der Waals surface area contributed by atoms with Gasteiger partial charge in [0.15, 0.2) is 5.65 Å². The van der Waals surface area contributed by atoms with Crippen LogP contribution in [0, 0.1) is 0 Å². The van der Waals surface area contributed by atoms with Crippen molar-refractivity contribution in [1.29, 1.82) is 0 Å². The summed E-state index contributed by atoms with van der Waals surface area (Å²) in [4.78, 5) is 15.5. The van der Waals surface area contributed by atoms with Crippen LogP contribution in [0.1, 0.15) is 5.56 Å². The fourth-order valence-electron chi connectivity index (χ4n) is 1.94. The number of nitrogens with one attached hydrogen (secondary N) is 2. The monoisotopic (exact) mass is 271 g/mol. The smallest absolute Gasteiger partial charge is 0.348 e. The highest BCUT2D eigenvalue weighted by molar-refractivity contribution is 5.49. The van der Waals surface area contributed by atoms with Crippen molar-refractivity contribution in [2.45, 2.75) is 6.54 Å². The normalized spacial score (nSPS) is 10.7. The van der Waals surface area contributed by atoms with E-state index in [4.69, 9.17) is 4.74 Å². The summed E-state index contributed by atoms with van der Waals surface area (Å²) in [5.41, 5.74) is 1.24. The fourth-order valence-corrected chi connectivity index (χ4v) is 1.94. The average Bonchev–Trinajstić information content (AvgIpc) is 2.86. The molecular weight excluding hydrogens is 258 g/mol. The zero-order chi connectivity index (χ0) is 13.9. The Bertz CT molecular complexity index is 793. The Morgan fingerprint density at radius 3 is 3.10 bits per heavy atom. The first-order valence-electron chi connectivity index (χ1n) is 6.06. The van der Waals surface area contributed by atoms with E-state index in [9.17, 15) is 4.79 Å². The van der Waals surface area contributed by atoms with Crippen LogP contribution in [0.5, 0.6) is 5.75 Å². The largest absolute Gasteiger partial charge is 0.496 e. The van der Waals surface area contributed by atoms with Crippen LogP contribution < -0.4 is 15.7 Å². The molecule has 102 valence electrons. The maximum atomic E-state index is 11.3. The highest BCUT2D eigenvalue weighted by Gasteiger charge is 2.04. The Balaban J connectivity index is 1.81. The molecule has 0 fully saturated rings. The summed E-state index contributed by atoms with van der Waals surface area (Å²) in [5, 5.41) is 9.43. The van der Waals surface area contributed by atoms with Crippen LogP contribution in [0.3, 0.4) is 0 Å². The summed E-state index contributed by atoms with van der Waals surface area (Å²) in [5.74, 6) is 1.46. The minimum atomic E-state index is -0.302. The van der Waals surface area contributed by atoms with E-state index in [0.29, 0.717) is 18.0 Å². The third kappa shape index (κ3) is 2.20. The lowest BCUT2D eigenvalue weighted by molar-refractivity contribution is 0.410. The molecule has 0 saturated heterocycles. The predicted octanol–water partition coefficient (Wildman–Crippen LogP) is 1.04. The minimum absolute atomic E-state index is 0.302. The Morgan fingerprint density at radius 2 is 2.25 bits per heavy atom. The van der Waals surface area contributed by atoms with Gasteiger partial charge >= 0.3 is 5.69 Å². The quantitative estimate of drug-likeness (QED) is 0.740. The van der Waals surface area contributed by atoms with Crippen LogP contribution in [0.4, 0.5) is 5.82 Å². The van der Waals surface area contributed by atoms with Gasteiger partial charge < -0.3 is 10.1 Å². The lowest BCUT2D eigenvalue weighted by Crippen LogP contribution is -2.10. The van der Waals surface area contributed by atoms with Gasteiger partial charge in [-0.1, -0.05) is 18.2 Å². The van der Waals surface area contributed by atoms with E-state index in [2.05, 4.69) is 20.5 Å². The number of aromatic amines is 1. The highest BCUT2D eigenvalue weighted by Crippen LogP contribution is 2.18. The third-order valence-corrected chi connectivity index (χ3v) is 2.96. The summed E-state index contributed by atoms with van der Waals surface area (Å²) in [7, 11) is 1.64. The summed E-state index contributed by atoms with van der Waals surface area (Å²) >= 11 is 0. The number of fused-ring (bicyclic) bond motifs is 1. The maximum absolute atomic E-state index is 11.3. The SMILES string of the molecule is COc1ccccc1CNc1cc2n[nH]c(=O)n2cn1. The van der Waals surface area contributed by atoms with Gasteiger partial charge in [0.25, 0.3) is 0 Å². The van der Waals surface area contributed by atoms with Crippen LogP contribution in [0.25, 0.3) is 5.65 Å². The number of hydrogen-bond donors (Lipinski definition) is 2. The maximum Gasteiger partial charge on any atom is 0.348 e. The molecule has 3 rings (SSSR count). The van der Waals surface area contributed by atoms with E-state index in [1.807, 2.05) is 24.3 Å². The number of H-pyrrole nitrogens is 1. The molecule has 2 aromatic heterocycles.